The van der Waals surface area contributed by atoms with Crippen molar-refractivity contribution >= 4 is 11.0 Å². The van der Waals surface area contributed by atoms with Crippen molar-refractivity contribution in [3.8, 4) is 0 Å². The third-order valence-corrected chi connectivity index (χ3v) is 2.25. The van der Waals surface area contributed by atoms with E-state index in [4.69, 9.17) is 5.73 Å². The second kappa shape index (κ2) is 3.58. The maximum atomic E-state index is 13.0. The predicted molar refractivity (Wildman–Crippen MR) is 53.8 cm³/mol. The Morgan fingerprint density at radius 2 is 2.20 bits per heavy atom. The SMILES string of the molecule is NCC(F)(F)Cc1ccc2nc[nH]c2c1. The number of H-pyrrole nitrogens is 1. The smallest absolute Gasteiger partial charge is 0.264 e. The highest BCUT2D eigenvalue weighted by Gasteiger charge is 2.26. The molecule has 1 aromatic heterocycles. The lowest BCUT2D eigenvalue weighted by Crippen LogP contribution is -2.30. The Kier molecular flexibility index (Phi) is 2.40. The van der Waals surface area contributed by atoms with Crippen LogP contribution in [0.2, 0.25) is 0 Å². The molecule has 3 nitrogen and oxygen atoms in total. The van der Waals surface area contributed by atoms with Crippen molar-refractivity contribution < 1.29 is 8.78 Å². The molecule has 0 radical (unpaired) electrons. The average Bonchev–Trinajstić information content (AvgIpc) is 2.64. The van der Waals surface area contributed by atoms with Gasteiger partial charge in [0.05, 0.1) is 23.9 Å². The Labute approximate surface area is 85.3 Å². The molecule has 0 spiro atoms. The summed E-state index contributed by atoms with van der Waals surface area (Å²) in [6.45, 7) is -0.631. The molecular weight excluding hydrogens is 200 g/mol. The van der Waals surface area contributed by atoms with Gasteiger partial charge >= 0.3 is 0 Å². The van der Waals surface area contributed by atoms with Gasteiger partial charge in [0.2, 0.25) is 0 Å². The molecule has 1 heterocycles. The fourth-order valence-corrected chi connectivity index (χ4v) is 1.46. The number of benzene rings is 1. The number of fused-ring (bicyclic) bond motifs is 1. The molecule has 0 aliphatic carbocycles. The van der Waals surface area contributed by atoms with E-state index in [0.717, 1.165) is 11.0 Å². The maximum Gasteiger partial charge on any atom is 0.264 e. The van der Waals surface area contributed by atoms with Gasteiger partial charge in [-0.3, -0.25) is 0 Å². The molecule has 0 bridgehead atoms. The van der Waals surface area contributed by atoms with E-state index in [1.165, 1.54) is 6.33 Å². The summed E-state index contributed by atoms with van der Waals surface area (Å²) in [6.07, 6.45) is 1.20. The number of nitrogens with zero attached hydrogens (tertiary/aromatic N) is 1. The monoisotopic (exact) mass is 211 g/mol. The molecule has 0 fully saturated rings. The molecule has 2 rings (SSSR count). The van der Waals surface area contributed by atoms with Crippen molar-refractivity contribution in [3.63, 3.8) is 0 Å². The van der Waals surface area contributed by atoms with Gasteiger partial charge in [-0.05, 0) is 17.7 Å². The second-order valence-electron chi connectivity index (χ2n) is 3.49. The van der Waals surface area contributed by atoms with Gasteiger partial charge in [-0.1, -0.05) is 6.07 Å². The first kappa shape index (κ1) is 10.0. The molecule has 1 aromatic carbocycles. The van der Waals surface area contributed by atoms with Crippen LogP contribution in [0, 0.1) is 0 Å². The molecule has 3 N–H and O–H groups in total. The van der Waals surface area contributed by atoms with Crippen LogP contribution in [0.5, 0.6) is 0 Å². The van der Waals surface area contributed by atoms with E-state index in [9.17, 15) is 8.78 Å². The van der Waals surface area contributed by atoms with E-state index in [-0.39, 0.29) is 6.42 Å². The summed E-state index contributed by atoms with van der Waals surface area (Å²) in [4.78, 5) is 6.89. The standard InChI is InChI=1S/C10H11F2N3/c11-10(12,5-13)4-7-1-2-8-9(3-7)15-6-14-8/h1-3,6H,4-5,13H2,(H,14,15). The molecule has 15 heavy (non-hydrogen) atoms. The number of rotatable bonds is 3. The van der Waals surface area contributed by atoms with Gasteiger partial charge in [0, 0.05) is 6.42 Å². The molecule has 0 saturated carbocycles. The first-order valence-corrected chi connectivity index (χ1v) is 4.61. The molecular formula is C10H11F2N3. The summed E-state index contributed by atoms with van der Waals surface area (Å²) >= 11 is 0. The molecule has 0 unspecified atom stereocenters. The summed E-state index contributed by atoms with van der Waals surface area (Å²) in [7, 11) is 0. The molecule has 0 amide bonds. The summed E-state index contributed by atoms with van der Waals surface area (Å²) < 4.78 is 26.0. The fourth-order valence-electron chi connectivity index (χ4n) is 1.46. The number of aromatic amines is 1. The number of aromatic nitrogens is 2. The highest BCUT2D eigenvalue weighted by atomic mass is 19.3. The lowest BCUT2D eigenvalue weighted by Gasteiger charge is -2.13. The Balaban J connectivity index is 2.28. The fraction of sp³-hybridized carbons (Fsp3) is 0.300. The van der Waals surface area contributed by atoms with Gasteiger partial charge in [0.15, 0.2) is 0 Å². The number of hydrogen-bond donors (Lipinski definition) is 2. The molecule has 5 heteroatoms. The average molecular weight is 211 g/mol. The Morgan fingerprint density at radius 3 is 2.93 bits per heavy atom. The summed E-state index contributed by atoms with van der Waals surface area (Å²) in [5.74, 6) is -2.84. The van der Waals surface area contributed by atoms with Crippen LogP contribution < -0.4 is 5.73 Å². The number of alkyl halides is 2. The van der Waals surface area contributed by atoms with Gasteiger partial charge in [-0.25, -0.2) is 13.8 Å². The zero-order chi connectivity index (χ0) is 10.9. The van der Waals surface area contributed by atoms with E-state index in [0.29, 0.717) is 5.56 Å². The lowest BCUT2D eigenvalue weighted by molar-refractivity contribution is 0.0115. The number of hydrogen-bond acceptors (Lipinski definition) is 2. The van der Waals surface area contributed by atoms with Crippen molar-refractivity contribution in [3.05, 3.63) is 30.1 Å². The number of nitrogens with two attached hydrogens (primary N) is 1. The number of nitrogens with one attached hydrogen (secondary N) is 1. The highest BCUT2D eigenvalue weighted by Crippen LogP contribution is 2.20. The topological polar surface area (TPSA) is 54.7 Å². The van der Waals surface area contributed by atoms with E-state index in [2.05, 4.69) is 9.97 Å². The van der Waals surface area contributed by atoms with Gasteiger partial charge in [-0.2, -0.15) is 0 Å². The van der Waals surface area contributed by atoms with E-state index < -0.39 is 12.5 Å². The molecule has 2 aromatic rings. The van der Waals surface area contributed by atoms with E-state index in [1.807, 2.05) is 0 Å². The van der Waals surface area contributed by atoms with E-state index in [1.54, 1.807) is 18.2 Å². The normalized spacial score (nSPS) is 12.2. The minimum absolute atomic E-state index is 0.335. The predicted octanol–water partition coefficient (Wildman–Crippen LogP) is 1.70. The molecule has 0 saturated heterocycles. The van der Waals surface area contributed by atoms with Crippen LogP contribution in [0.3, 0.4) is 0 Å². The Hall–Kier alpha value is -1.49. The highest BCUT2D eigenvalue weighted by molar-refractivity contribution is 5.75. The van der Waals surface area contributed by atoms with Gasteiger partial charge < -0.3 is 10.7 Å². The van der Waals surface area contributed by atoms with Crippen molar-refractivity contribution in [2.75, 3.05) is 6.54 Å². The summed E-state index contributed by atoms with van der Waals surface area (Å²) in [6, 6.07) is 5.03. The largest absolute Gasteiger partial charge is 0.345 e. The first-order chi connectivity index (χ1) is 7.11. The van der Waals surface area contributed by atoms with Crippen molar-refractivity contribution in [2.45, 2.75) is 12.3 Å². The van der Waals surface area contributed by atoms with Crippen LogP contribution in [0.25, 0.3) is 11.0 Å². The third-order valence-electron chi connectivity index (χ3n) is 2.25. The first-order valence-electron chi connectivity index (χ1n) is 4.61. The quantitative estimate of drug-likeness (QED) is 0.811. The third kappa shape index (κ3) is 2.12. The number of halogens is 2. The summed E-state index contributed by atoms with van der Waals surface area (Å²) in [5, 5.41) is 0. The minimum atomic E-state index is -2.84. The maximum absolute atomic E-state index is 13.0. The molecule has 0 atom stereocenters. The Morgan fingerprint density at radius 1 is 1.40 bits per heavy atom. The zero-order valence-electron chi connectivity index (χ0n) is 8.00. The molecule has 0 aliphatic rings. The Bertz CT molecular complexity index is 464. The van der Waals surface area contributed by atoms with Crippen LogP contribution >= 0.6 is 0 Å². The van der Waals surface area contributed by atoms with Crippen molar-refractivity contribution in [1.82, 2.24) is 9.97 Å². The molecule has 80 valence electrons. The lowest BCUT2D eigenvalue weighted by atomic mass is 10.1. The van der Waals surface area contributed by atoms with E-state index >= 15 is 0 Å². The van der Waals surface area contributed by atoms with Crippen LogP contribution in [0.4, 0.5) is 8.78 Å². The second-order valence-corrected chi connectivity index (χ2v) is 3.49. The molecule has 0 aliphatic heterocycles. The van der Waals surface area contributed by atoms with Crippen LogP contribution in [0.15, 0.2) is 24.5 Å². The zero-order valence-corrected chi connectivity index (χ0v) is 8.00. The minimum Gasteiger partial charge on any atom is -0.345 e. The van der Waals surface area contributed by atoms with Crippen LogP contribution in [-0.4, -0.2) is 22.4 Å². The van der Waals surface area contributed by atoms with Gasteiger partial charge in [0.1, 0.15) is 0 Å². The van der Waals surface area contributed by atoms with Gasteiger partial charge in [-0.15, -0.1) is 0 Å². The van der Waals surface area contributed by atoms with Gasteiger partial charge in [0.25, 0.3) is 5.92 Å². The van der Waals surface area contributed by atoms with Crippen LogP contribution in [-0.2, 0) is 6.42 Å². The van der Waals surface area contributed by atoms with Crippen LogP contribution in [0.1, 0.15) is 5.56 Å². The summed E-state index contributed by atoms with van der Waals surface area (Å²) in [5.41, 5.74) is 7.07. The van der Waals surface area contributed by atoms with Crippen molar-refractivity contribution in [2.24, 2.45) is 5.73 Å². The number of imidazole rings is 1. The van der Waals surface area contributed by atoms with Crippen molar-refractivity contribution in [1.29, 1.82) is 0 Å².